The number of rotatable bonds is 4. The SMILES string of the molecule is CC1CNCCC1NC(=O)CCNC(=O)C(C)(C)C. The van der Waals surface area contributed by atoms with Gasteiger partial charge in [0, 0.05) is 24.4 Å². The number of carbonyl (C=O) groups excluding carboxylic acids is 2. The molecule has 1 fully saturated rings. The van der Waals surface area contributed by atoms with Crippen LogP contribution in [0.2, 0.25) is 0 Å². The first-order valence-corrected chi connectivity index (χ1v) is 7.09. The maximum absolute atomic E-state index is 11.8. The molecule has 110 valence electrons. The Morgan fingerprint density at radius 2 is 2.00 bits per heavy atom. The van der Waals surface area contributed by atoms with Gasteiger partial charge in [-0.05, 0) is 25.4 Å². The minimum absolute atomic E-state index is 0.0180. The van der Waals surface area contributed by atoms with E-state index in [2.05, 4.69) is 22.9 Å². The Bertz CT molecular complexity index is 323. The van der Waals surface area contributed by atoms with Crippen molar-refractivity contribution in [3.63, 3.8) is 0 Å². The summed E-state index contributed by atoms with van der Waals surface area (Å²) < 4.78 is 0. The van der Waals surface area contributed by atoms with Crippen LogP contribution in [0.25, 0.3) is 0 Å². The smallest absolute Gasteiger partial charge is 0.225 e. The summed E-state index contributed by atoms with van der Waals surface area (Å²) in [5.41, 5.74) is -0.403. The molecule has 0 radical (unpaired) electrons. The minimum atomic E-state index is -0.403. The van der Waals surface area contributed by atoms with E-state index in [-0.39, 0.29) is 17.9 Å². The molecule has 1 saturated heterocycles. The van der Waals surface area contributed by atoms with Gasteiger partial charge in [0.15, 0.2) is 0 Å². The number of carbonyl (C=O) groups is 2. The Kier molecular flexibility index (Phi) is 5.79. The van der Waals surface area contributed by atoms with Crippen molar-refractivity contribution in [1.82, 2.24) is 16.0 Å². The lowest BCUT2D eigenvalue weighted by molar-refractivity contribution is -0.128. The molecule has 0 spiro atoms. The number of piperidine rings is 1. The van der Waals surface area contributed by atoms with Crippen molar-refractivity contribution >= 4 is 11.8 Å². The highest BCUT2D eigenvalue weighted by molar-refractivity contribution is 5.82. The highest BCUT2D eigenvalue weighted by atomic mass is 16.2. The molecule has 19 heavy (non-hydrogen) atoms. The Morgan fingerprint density at radius 3 is 2.58 bits per heavy atom. The monoisotopic (exact) mass is 269 g/mol. The molecule has 3 N–H and O–H groups in total. The zero-order valence-corrected chi connectivity index (χ0v) is 12.5. The van der Waals surface area contributed by atoms with Gasteiger partial charge in [-0.3, -0.25) is 9.59 Å². The van der Waals surface area contributed by atoms with Crippen molar-refractivity contribution in [2.45, 2.75) is 46.6 Å². The second-order valence-electron chi connectivity index (χ2n) is 6.40. The van der Waals surface area contributed by atoms with Crippen molar-refractivity contribution in [2.24, 2.45) is 11.3 Å². The van der Waals surface area contributed by atoms with E-state index in [0.717, 1.165) is 19.5 Å². The van der Waals surface area contributed by atoms with E-state index < -0.39 is 5.41 Å². The van der Waals surface area contributed by atoms with Crippen LogP contribution in [-0.4, -0.2) is 37.5 Å². The van der Waals surface area contributed by atoms with E-state index in [1.165, 1.54) is 0 Å². The third-order valence-electron chi connectivity index (χ3n) is 3.45. The van der Waals surface area contributed by atoms with Crippen molar-refractivity contribution in [2.75, 3.05) is 19.6 Å². The van der Waals surface area contributed by atoms with Gasteiger partial charge in [-0.25, -0.2) is 0 Å². The molecular weight excluding hydrogens is 242 g/mol. The molecule has 2 unspecified atom stereocenters. The lowest BCUT2D eigenvalue weighted by atomic mass is 9.95. The first-order chi connectivity index (χ1) is 8.80. The minimum Gasteiger partial charge on any atom is -0.355 e. The van der Waals surface area contributed by atoms with Gasteiger partial charge < -0.3 is 16.0 Å². The summed E-state index contributed by atoms with van der Waals surface area (Å²) in [6.07, 6.45) is 1.32. The third-order valence-corrected chi connectivity index (χ3v) is 3.45. The predicted octanol–water partition coefficient (Wildman–Crippen LogP) is 0.653. The van der Waals surface area contributed by atoms with Crippen molar-refractivity contribution < 1.29 is 9.59 Å². The lowest BCUT2D eigenvalue weighted by Crippen LogP contribution is -2.49. The maximum atomic E-state index is 11.8. The topological polar surface area (TPSA) is 70.2 Å². The summed E-state index contributed by atoms with van der Waals surface area (Å²) in [6.45, 7) is 10.0. The molecule has 0 aromatic carbocycles. The molecule has 2 atom stereocenters. The lowest BCUT2D eigenvalue weighted by Gasteiger charge is -2.30. The molecule has 0 saturated carbocycles. The van der Waals surface area contributed by atoms with Gasteiger partial charge in [0.1, 0.15) is 0 Å². The second-order valence-corrected chi connectivity index (χ2v) is 6.40. The van der Waals surface area contributed by atoms with Gasteiger partial charge in [-0.2, -0.15) is 0 Å². The summed E-state index contributed by atoms with van der Waals surface area (Å²) in [4.78, 5) is 23.4. The Balaban J connectivity index is 2.23. The van der Waals surface area contributed by atoms with Crippen molar-refractivity contribution in [3.05, 3.63) is 0 Å². The third kappa shape index (κ3) is 5.59. The van der Waals surface area contributed by atoms with Gasteiger partial charge in [0.25, 0.3) is 0 Å². The molecule has 0 aromatic heterocycles. The fraction of sp³-hybridized carbons (Fsp3) is 0.857. The fourth-order valence-corrected chi connectivity index (χ4v) is 2.06. The molecule has 0 aliphatic carbocycles. The maximum Gasteiger partial charge on any atom is 0.225 e. The van der Waals surface area contributed by atoms with Crippen molar-refractivity contribution in [3.8, 4) is 0 Å². The van der Waals surface area contributed by atoms with Crippen molar-refractivity contribution in [1.29, 1.82) is 0 Å². The molecular formula is C14H27N3O2. The number of hydrogen-bond acceptors (Lipinski definition) is 3. The van der Waals surface area contributed by atoms with E-state index >= 15 is 0 Å². The summed E-state index contributed by atoms with van der Waals surface area (Å²) in [7, 11) is 0. The second kappa shape index (κ2) is 6.89. The zero-order chi connectivity index (χ0) is 14.5. The van der Waals surface area contributed by atoms with Crippen LogP contribution in [0.1, 0.15) is 40.5 Å². The molecule has 1 aliphatic heterocycles. The van der Waals surface area contributed by atoms with Crippen LogP contribution in [-0.2, 0) is 9.59 Å². The highest BCUT2D eigenvalue weighted by Gasteiger charge is 2.23. The van der Waals surface area contributed by atoms with Crippen LogP contribution in [0.15, 0.2) is 0 Å². The van der Waals surface area contributed by atoms with Crippen LogP contribution < -0.4 is 16.0 Å². The Hall–Kier alpha value is -1.10. The van der Waals surface area contributed by atoms with Gasteiger partial charge >= 0.3 is 0 Å². The van der Waals surface area contributed by atoms with E-state index in [0.29, 0.717) is 18.9 Å². The Labute approximate surface area is 115 Å². The number of hydrogen-bond donors (Lipinski definition) is 3. The molecule has 1 rings (SSSR count). The summed E-state index contributed by atoms with van der Waals surface area (Å²) >= 11 is 0. The van der Waals surface area contributed by atoms with Crippen LogP contribution in [0, 0.1) is 11.3 Å². The molecule has 5 nitrogen and oxygen atoms in total. The molecule has 5 heteroatoms. The van der Waals surface area contributed by atoms with Gasteiger partial charge in [-0.1, -0.05) is 27.7 Å². The summed E-state index contributed by atoms with van der Waals surface area (Å²) in [5, 5.41) is 9.14. The van der Waals surface area contributed by atoms with Gasteiger partial charge in [-0.15, -0.1) is 0 Å². The zero-order valence-electron chi connectivity index (χ0n) is 12.5. The number of amides is 2. The molecule has 1 aliphatic rings. The molecule has 0 aromatic rings. The largest absolute Gasteiger partial charge is 0.355 e. The van der Waals surface area contributed by atoms with Crippen LogP contribution in [0.3, 0.4) is 0 Å². The average Bonchev–Trinajstić information content (AvgIpc) is 2.31. The number of nitrogens with one attached hydrogen (secondary N) is 3. The van der Waals surface area contributed by atoms with E-state index in [9.17, 15) is 9.59 Å². The standard InChI is InChI=1S/C14H27N3O2/c1-10-9-15-7-5-11(10)17-12(18)6-8-16-13(19)14(2,3)4/h10-11,15H,5-9H2,1-4H3,(H,16,19)(H,17,18). The molecule has 2 amide bonds. The van der Waals surface area contributed by atoms with Gasteiger partial charge in [0.2, 0.25) is 11.8 Å². The first-order valence-electron chi connectivity index (χ1n) is 7.09. The van der Waals surface area contributed by atoms with E-state index in [1.54, 1.807) is 0 Å². The van der Waals surface area contributed by atoms with Crippen LogP contribution in [0.4, 0.5) is 0 Å². The fourth-order valence-electron chi connectivity index (χ4n) is 2.06. The normalized spacial score (nSPS) is 23.8. The predicted molar refractivity (Wildman–Crippen MR) is 75.7 cm³/mol. The van der Waals surface area contributed by atoms with Crippen LogP contribution >= 0.6 is 0 Å². The highest BCUT2D eigenvalue weighted by Crippen LogP contribution is 2.12. The van der Waals surface area contributed by atoms with Crippen LogP contribution in [0.5, 0.6) is 0 Å². The summed E-state index contributed by atoms with van der Waals surface area (Å²) in [6, 6.07) is 0.257. The van der Waals surface area contributed by atoms with E-state index in [4.69, 9.17) is 0 Å². The molecule has 0 bridgehead atoms. The molecule has 1 heterocycles. The Morgan fingerprint density at radius 1 is 1.32 bits per heavy atom. The summed E-state index contributed by atoms with van der Waals surface area (Å²) in [5.74, 6) is 0.463. The first kappa shape index (κ1) is 16.0. The average molecular weight is 269 g/mol. The van der Waals surface area contributed by atoms with Gasteiger partial charge in [0.05, 0.1) is 0 Å². The quantitative estimate of drug-likeness (QED) is 0.702. The van der Waals surface area contributed by atoms with E-state index in [1.807, 2.05) is 20.8 Å².